The standard InChI is InChI=1S/C21H22N2O4/c1-3-21(12-11-18(24)23-20(21)26)15-7-9-16(10-8-15)22-19(25)14-5-4-6-17(13-14)27-2/h4-10,13H,3,11-12H2,1-2H3,(H,22,25)(H,23,24,26)/t21-/m1/s1. The molecule has 2 N–H and O–H groups in total. The third kappa shape index (κ3) is 3.69. The van der Waals surface area contributed by atoms with Crippen LogP contribution in [0.15, 0.2) is 48.5 Å². The van der Waals surface area contributed by atoms with Crippen LogP contribution in [0.3, 0.4) is 0 Å². The van der Waals surface area contributed by atoms with Gasteiger partial charge in [0.2, 0.25) is 11.8 Å². The van der Waals surface area contributed by atoms with Crippen molar-refractivity contribution in [3.63, 3.8) is 0 Å². The van der Waals surface area contributed by atoms with Gasteiger partial charge in [-0.05, 0) is 48.7 Å². The van der Waals surface area contributed by atoms with E-state index >= 15 is 0 Å². The Kier molecular flexibility index (Phi) is 5.26. The second-order valence-corrected chi connectivity index (χ2v) is 6.58. The van der Waals surface area contributed by atoms with Gasteiger partial charge in [0, 0.05) is 17.7 Å². The number of anilines is 1. The summed E-state index contributed by atoms with van der Waals surface area (Å²) >= 11 is 0. The Morgan fingerprint density at radius 2 is 1.93 bits per heavy atom. The van der Waals surface area contributed by atoms with Crippen molar-refractivity contribution in [1.29, 1.82) is 0 Å². The maximum absolute atomic E-state index is 12.5. The molecular formula is C21H22N2O4. The molecule has 27 heavy (non-hydrogen) atoms. The summed E-state index contributed by atoms with van der Waals surface area (Å²) in [5, 5.41) is 5.28. The summed E-state index contributed by atoms with van der Waals surface area (Å²) < 4.78 is 5.14. The highest BCUT2D eigenvalue weighted by Crippen LogP contribution is 2.36. The molecule has 140 valence electrons. The number of nitrogens with one attached hydrogen (secondary N) is 2. The van der Waals surface area contributed by atoms with Gasteiger partial charge < -0.3 is 10.1 Å². The minimum atomic E-state index is -0.705. The highest BCUT2D eigenvalue weighted by molar-refractivity contribution is 6.05. The summed E-state index contributed by atoms with van der Waals surface area (Å²) in [4.78, 5) is 36.3. The Hall–Kier alpha value is -3.15. The maximum atomic E-state index is 12.5. The van der Waals surface area contributed by atoms with Crippen molar-refractivity contribution in [2.75, 3.05) is 12.4 Å². The fourth-order valence-corrected chi connectivity index (χ4v) is 3.41. The minimum absolute atomic E-state index is 0.230. The van der Waals surface area contributed by atoms with E-state index < -0.39 is 5.41 Å². The first kappa shape index (κ1) is 18.6. The number of hydrogen-bond donors (Lipinski definition) is 2. The van der Waals surface area contributed by atoms with Crippen LogP contribution >= 0.6 is 0 Å². The number of ether oxygens (including phenoxy) is 1. The molecule has 0 unspecified atom stereocenters. The predicted octanol–water partition coefficient (Wildman–Crippen LogP) is 3.03. The first-order chi connectivity index (χ1) is 13.0. The third-order valence-corrected chi connectivity index (χ3v) is 5.10. The SMILES string of the molecule is CC[C@]1(c2ccc(NC(=O)c3cccc(OC)c3)cc2)CCC(=O)NC1=O. The number of benzene rings is 2. The van der Waals surface area contributed by atoms with E-state index in [2.05, 4.69) is 10.6 Å². The monoisotopic (exact) mass is 366 g/mol. The summed E-state index contributed by atoms with van der Waals surface area (Å²) in [6.07, 6.45) is 1.42. The largest absolute Gasteiger partial charge is 0.497 e. The molecule has 1 saturated heterocycles. The van der Waals surface area contributed by atoms with Crippen molar-refractivity contribution in [2.24, 2.45) is 0 Å². The number of imide groups is 1. The molecule has 1 atom stereocenters. The molecule has 3 amide bonds. The van der Waals surface area contributed by atoms with E-state index in [4.69, 9.17) is 4.74 Å². The lowest BCUT2D eigenvalue weighted by Gasteiger charge is -2.35. The molecule has 0 aliphatic carbocycles. The van der Waals surface area contributed by atoms with Gasteiger partial charge in [-0.25, -0.2) is 0 Å². The fraction of sp³-hybridized carbons (Fsp3) is 0.286. The third-order valence-electron chi connectivity index (χ3n) is 5.10. The van der Waals surface area contributed by atoms with Gasteiger partial charge in [0.1, 0.15) is 5.75 Å². The van der Waals surface area contributed by atoms with E-state index in [9.17, 15) is 14.4 Å². The average molecular weight is 366 g/mol. The lowest BCUT2D eigenvalue weighted by Crippen LogP contribution is -2.51. The van der Waals surface area contributed by atoms with E-state index in [1.807, 2.05) is 19.1 Å². The van der Waals surface area contributed by atoms with Crippen LogP contribution in [-0.2, 0) is 15.0 Å². The van der Waals surface area contributed by atoms with Crippen molar-refractivity contribution in [3.05, 3.63) is 59.7 Å². The zero-order valence-corrected chi connectivity index (χ0v) is 15.4. The zero-order valence-electron chi connectivity index (χ0n) is 15.4. The Balaban J connectivity index is 1.77. The molecule has 0 saturated carbocycles. The number of methoxy groups -OCH3 is 1. The number of amides is 3. The lowest BCUT2D eigenvalue weighted by atomic mass is 9.72. The molecule has 3 rings (SSSR count). The normalized spacial score (nSPS) is 19.3. The van der Waals surface area contributed by atoms with Gasteiger partial charge in [0.25, 0.3) is 5.91 Å². The summed E-state index contributed by atoms with van der Waals surface area (Å²) in [5.74, 6) is -0.116. The summed E-state index contributed by atoms with van der Waals surface area (Å²) in [6, 6.07) is 14.1. The first-order valence-corrected chi connectivity index (χ1v) is 8.89. The van der Waals surface area contributed by atoms with Crippen molar-refractivity contribution >= 4 is 23.4 Å². The van der Waals surface area contributed by atoms with Gasteiger partial charge in [0.15, 0.2) is 0 Å². The zero-order chi connectivity index (χ0) is 19.4. The summed E-state index contributed by atoms with van der Waals surface area (Å²) in [5.41, 5.74) is 1.26. The molecule has 1 fully saturated rings. The highest BCUT2D eigenvalue weighted by atomic mass is 16.5. The minimum Gasteiger partial charge on any atom is -0.497 e. The van der Waals surface area contributed by atoms with E-state index in [0.29, 0.717) is 36.3 Å². The molecule has 0 spiro atoms. The van der Waals surface area contributed by atoms with Crippen molar-refractivity contribution < 1.29 is 19.1 Å². The van der Waals surface area contributed by atoms with Crippen LogP contribution < -0.4 is 15.4 Å². The molecule has 1 aliphatic rings. The molecule has 2 aromatic rings. The van der Waals surface area contributed by atoms with Crippen LogP contribution in [0.4, 0.5) is 5.69 Å². The summed E-state index contributed by atoms with van der Waals surface area (Å²) in [6.45, 7) is 1.94. The molecule has 2 aromatic carbocycles. The first-order valence-electron chi connectivity index (χ1n) is 8.89. The topological polar surface area (TPSA) is 84.5 Å². The van der Waals surface area contributed by atoms with Gasteiger partial charge >= 0.3 is 0 Å². The van der Waals surface area contributed by atoms with E-state index in [1.165, 1.54) is 0 Å². The number of hydrogen-bond acceptors (Lipinski definition) is 4. The van der Waals surface area contributed by atoms with Crippen LogP contribution in [0, 0.1) is 0 Å². The molecule has 6 nitrogen and oxygen atoms in total. The molecule has 1 heterocycles. The van der Waals surface area contributed by atoms with Crippen LogP contribution in [0.25, 0.3) is 0 Å². The maximum Gasteiger partial charge on any atom is 0.255 e. The van der Waals surface area contributed by atoms with Crippen molar-refractivity contribution in [2.45, 2.75) is 31.6 Å². The van der Waals surface area contributed by atoms with Gasteiger partial charge in [-0.3, -0.25) is 19.7 Å². The number of carbonyl (C=O) groups excluding carboxylic acids is 3. The molecule has 0 bridgehead atoms. The number of carbonyl (C=O) groups is 3. The quantitative estimate of drug-likeness (QED) is 0.797. The van der Waals surface area contributed by atoms with Gasteiger partial charge in [-0.2, -0.15) is 0 Å². The van der Waals surface area contributed by atoms with Gasteiger partial charge in [-0.1, -0.05) is 25.1 Å². The van der Waals surface area contributed by atoms with Crippen LogP contribution in [0.5, 0.6) is 5.75 Å². The molecule has 6 heteroatoms. The lowest BCUT2D eigenvalue weighted by molar-refractivity contribution is -0.138. The highest BCUT2D eigenvalue weighted by Gasteiger charge is 2.42. The van der Waals surface area contributed by atoms with Crippen LogP contribution in [-0.4, -0.2) is 24.8 Å². The Labute approximate surface area is 157 Å². The molecule has 0 aromatic heterocycles. The average Bonchev–Trinajstić information content (AvgIpc) is 2.69. The summed E-state index contributed by atoms with van der Waals surface area (Å²) in [7, 11) is 1.55. The molecular weight excluding hydrogens is 344 g/mol. The van der Waals surface area contributed by atoms with Gasteiger partial charge in [0.05, 0.1) is 12.5 Å². The van der Waals surface area contributed by atoms with Gasteiger partial charge in [-0.15, -0.1) is 0 Å². The number of piperidine rings is 1. The van der Waals surface area contributed by atoms with Crippen LogP contribution in [0.1, 0.15) is 42.1 Å². The van der Waals surface area contributed by atoms with E-state index in [1.54, 1.807) is 43.5 Å². The Bertz CT molecular complexity index is 876. The molecule has 1 aliphatic heterocycles. The van der Waals surface area contributed by atoms with Crippen molar-refractivity contribution in [1.82, 2.24) is 5.32 Å². The molecule has 0 radical (unpaired) electrons. The Morgan fingerprint density at radius 3 is 2.56 bits per heavy atom. The smallest absolute Gasteiger partial charge is 0.255 e. The van der Waals surface area contributed by atoms with Crippen molar-refractivity contribution in [3.8, 4) is 5.75 Å². The van der Waals surface area contributed by atoms with E-state index in [0.717, 1.165) is 5.56 Å². The second kappa shape index (κ2) is 7.61. The fourth-order valence-electron chi connectivity index (χ4n) is 3.41. The number of rotatable bonds is 5. The van der Waals surface area contributed by atoms with Crippen LogP contribution in [0.2, 0.25) is 0 Å². The Morgan fingerprint density at radius 1 is 1.19 bits per heavy atom. The second-order valence-electron chi connectivity index (χ2n) is 6.58. The van der Waals surface area contributed by atoms with E-state index in [-0.39, 0.29) is 17.7 Å². The predicted molar refractivity (Wildman–Crippen MR) is 102 cm³/mol.